The fourth-order valence-electron chi connectivity index (χ4n) is 2.62. The van der Waals surface area contributed by atoms with Gasteiger partial charge in [-0.3, -0.25) is 14.5 Å². The zero-order valence-electron chi connectivity index (χ0n) is 14.3. The summed E-state index contributed by atoms with van der Waals surface area (Å²) in [6.07, 6.45) is 2.27. The molecule has 3 rings (SSSR count). The van der Waals surface area contributed by atoms with Crippen LogP contribution in [-0.2, 0) is 11.2 Å². The van der Waals surface area contributed by atoms with Gasteiger partial charge in [0, 0.05) is 6.54 Å². The molecule has 2 amide bonds. The van der Waals surface area contributed by atoms with Crippen molar-refractivity contribution in [1.29, 1.82) is 0 Å². The number of carbonyl (C=O) groups is 2. The van der Waals surface area contributed by atoms with Gasteiger partial charge in [0.2, 0.25) is 0 Å². The number of aromatic hydroxyl groups is 1. The van der Waals surface area contributed by atoms with Gasteiger partial charge in [-0.25, -0.2) is 0 Å². The van der Waals surface area contributed by atoms with Crippen molar-refractivity contribution in [2.24, 2.45) is 0 Å². The van der Waals surface area contributed by atoms with E-state index < -0.39 is 0 Å². The lowest BCUT2D eigenvalue weighted by atomic mass is 10.1. The standard InChI is InChI=1S/C20H19NO4S/c1-2-25-17-12-15(8-9-16(17)22)13-18-19(23)21(20(24)26-18)11-10-14-6-4-3-5-7-14/h3-9,12-13,22H,2,10-11H2,1H3/b18-13-. The number of nitrogens with zero attached hydrogens (tertiary/aromatic N) is 1. The Kier molecular flexibility index (Phi) is 5.63. The van der Waals surface area contributed by atoms with Crippen LogP contribution in [0.15, 0.2) is 53.4 Å². The molecule has 134 valence electrons. The average molecular weight is 369 g/mol. The molecule has 0 atom stereocenters. The first-order valence-electron chi connectivity index (χ1n) is 8.33. The zero-order valence-corrected chi connectivity index (χ0v) is 15.2. The normalized spacial score (nSPS) is 15.7. The summed E-state index contributed by atoms with van der Waals surface area (Å²) in [5, 5.41) is 9.50. The molecular formula is C20H19NO4S. The molecule has 0 aliphatic carbocycles. The molecule has 6 heteroatoms. The van der Waals surface area contributed by atoms with Gasteiger partial charge in [0.1, 0.15) is 0 Å². The molecule has 1 saturated heterocycles. The van der Waals surface area contributed by atoms with E-state index in [9.17, 15) is 14.7 Å². The number of rotatable bonds is 6. The largest absolute Gasteiger partial charge is 0.504 e. The average Bonchev–Trinajstić information content (AvgIpc) is 2.90. The van der Waals surface area contributed by atoms with Gasteiger partial charge in [0.25, 0.3) is 11.1 Å². The summed E-state index contributed by atoms with van der Waals surface area (Å²) in [7, 11) is 0. The highest BCUT2D eigenvalue weighted by atomic mass is 32.2. The van der Waals surface area contributed by atoms with Crippen molar-refractivity contribution in [3.8, 4) is 11.5 Å². The summed E-state index contributed by atoms with van der Waals surface area (Å²) >= 11 is 0.930. The Morgan fingerprint density at radius 3 is 2.65 bits per heavy atom. The van der Waals surface area contributed by atoms with Gasteiger partial charge >= 0.3 is 0 Å². The van der Waals surface area contributed by atoms with E-state index in [1.54, 1.807) is 18.2 Å². The molecule has 0 spiro atoms. The van der Waals surface area contributed by atoms with Gasteiger partial charge in [0.15, 0.2) is 11.5 Å². The Morgan fingerprint density at radius 1 is 1.15 bits per heavy atom. The quantitative estimate of drug-likeness (QED) is 0.778. The second-order valence-corrected chi connectivity index (χ2v) is 6.72. The minimum atomic E-state index is -0.290. The zero-order chi connectivity index (χ0) is 18.5. The number of ether oxygens (including phenoxy) is 1. The molecule has 1 fully saturated rings. The minimum Gasteiger partial charge on any atom is -0.504 e. The number of phenols is 1. The molecule has 0 unspecified atom stereocenters. The summed E-state index contributed by atoms with van der Waals surface area (Å²) in [6.45, 7) is 2.60. The van der Waals surface area contributed by atoms with Gasteiger partial charge in [0.05, 0.1) is 11.5 Å². The Hall–Kier alpha value is -2.73. The highest BCUT2D eigenvalue weighted by Gasteiger charge is 2.34. The summed E-state index contributed by atoms with van der Waals surface area (Å²) in [6, 6.07) is 14.6. The molecular weight excluding hydrogens is 350 g/mol. The molecule has 1 aliphatic rings. The van der Waals surface area contributed by atoms with Crippen LogP contribution in [0.25, 0.3) is 6.08 Å². The molecule has 26 heavy (non-hydrogen) atoms. The first-order chi connectivity index (χ1) is 12.6. The molecule has 2 aromatic carbocycles. The molecule has 0 aromatic heterocycles. The Morgan fingerprint density at radius 2 is 1.92 bits per heavy atom. The van der Waals surface area contributed by atoms with E-state index in [1.807, 2.05) is 37.3 Å². The van der Waals surface area contributed by atoms with Gasteiger partial charge < -0.3 is 9.84 Å². The number of benzene rings is 2. The molecule has 1 N–H and O–H groups in total. The molecule has 2 aromatic rings. The first-order valence-corrected chi connectivity index (χ1v) is 9.15. The van der Waals surface area contributed by atoms with Gasteiger partial charge in [-0.2, -0.15) is 0 Å². The number of imide groups is 1. The number of thioether (sulfide) groups is 1. The maximum absolute atomic E-state index is 12.6. The molecule has 5 nitrogen and oxygen atoms in total. The summed E-state index contributed by atoms with van der Waals surface area (Å²) in [5.41, 5.74) is 1.77. The Balaban J connectivity index is 1.73. The highest BCUT2D eigenvalue weighted by molar-refractivity contribution is 8.18. The third kappa shape index (κ3) is 4.08. The molecule has 0 bridgehead atoms. The van der Waals surface area contributed by atoms with Crippen molar-refractivity contribution >= 4 is 29.0 Å². The maximum Gasteiger partial charge on any atom is 0.293 e. The van der Waals surface area contributed by atoms with Crippen molar-refractivity contribution in [3.05, 3.63) is 64.6 Å². The minimum absolute atomic E-state index is 0.0416. The number of amides is 2. The van der Waals surface area contributed by atoms with Crippen LogP contribution in [0.2, 0.25) is 0 Å². The van der Waals surface area contributed by atoms with Crippen LogP contribution < -0.4 is 4.74 Å². The van der Waals surface area contributed by atoms with E-state index in [0.29, 0.717) is 35.8 Å². The van der Waals surface area contributed by atoms with Crippen molar-refractivity contribution in [1.82, 2.24) is 4.90 Å². The third-order valence-corrected chi connectivity index (χ3v) is 4.83. The number of phenolic OH excluding ortho intramolecular Hbond substituents is 1. The summed E-state index contributed by atoms with van der Waals surface area (Å²) in [5.74, 6) is 0.103. The predicted octanol–water partition coefficient (Wildman–Crippen LogP) is 4.07. The fourth-order valence-corrected chi connectivity index (χ4v) is 3.49. The first kappa shape index (κ1) is 18.1. The molecule has 0 radical (unpaired) electrons. The van der Waals surface area contributed by atoms with Crippen molar-refractivity contribution < 1.29 is 19.4 Å². The van der Waals surface area contributed by atoms with Crippen LogP contribution in [0.1, 0.15) is 18.1 Å². The summed E-state index contributed by atoms with van der Waals surface area (Å²) in [4.78, 5) is 26.4. The number of carbonyl (C=O) groups excluding carboxylic acids is 2. The van der Waals surface area contributed by atoms with Crippen LogP contribution in [0, 0.1) is 0 Å². The van der Waals surface area contributed by atoms with E-state index in [-0.39, 0.29) is 16.9 Å². The SMILES string of the molecule is CCOc1cc(/C=C2\SC(=O)N(CCc3ccccc3)C2=O)ccc1O. The van der Waals surface area contributed by atoms with Crippen molar-refractivity contribution in [2.75, 3.05) is 13.2 Å². The second kappa shape index (κ2) is 8.10. The van der Waals surface area contributed by atoms with Gasteiger partial charge in [-0.1, -0.05) is 36.4 Å². The van der Waals surface area contributed by atoms with Crippen LogP contribution in [0.4, 0.5) is 4.79 Å². The van der Waals surface area contributed by atoms with Crippen LogP contribution >= 0.6 is 11.8 Å². The maximum atomic E-state index is 12.6. The number of hydrogen-bond donors (Lipinski definition) is 1. The fraction of sp³-hybridized carbons (Fsp3) is 0.200. The Bertz CT molecular complexity index is 848. The van der Waals surface area contributed by atoms with Crippen LogP contribution in [-0.4, -0.2) is 34.3 Å². The molecule has 0 saturated carbocycles. The van der Waals surface area contributed by atoms with Gasteiger partial charge in [-0.05, 0) is 54.4 Å². The third-order valence-electron chi connectivity index (χ3n) is 3.92. The van der Waals surface area contributed by atoms with E-state index in [0.717, 1.165) is 17.3 Å². The topological polar surface area (TPSA) is 66.8 Å². The predicted molar refractivity (Wildman–Crippen MR) is 102 cm³/mol. The highest BCUT2D eigenvalue weighted by Crippen LogP contribution is 2.34. The van der Waals surface area contributed by atoms with E-state index >= 15 is 0 Å². The lowest BCUT2D eigenvalue weighted by molar-refractivity contribution is -0.122. The monoisotopic (exact) mass is 369 g/mol. The lowest BCUT2D eigenvalue weighted by Crippen LogP contribution is -2.30. The van der Waals surface area contributed by atoms with E-state index in [2.05, 4.69) is 0 Å². The lowest BCUT2D eigenvalue weighted by Gasteiger charge is -2.12. The smallest absolute Gasteiger partial charge is 0.293 e. The van der Waals surface area contributed by atoms with Crippen molar-refractivity contribution in [2.45, 2.75) is 13.3 Å². The number of hydrogen-bond acceptors (Lipinski definition) is 5. The van der Waals surface area contributed by atoms with Crippen LogP contribution in [0.3, 0.4) is 0 Å². The molecule has 1 heterocycles. The molecule has 1 aliphatic heterocycles. The van der Waals surface area contributed by atoms with E-state index in [4.69, 9.17) is 4.74 Å². The van der Waals surface area contributed by atoms with E-state index in [1.165, 1.54) is 11.0 Å². The van der Waals surface area contributed by atoms with Crippen molar-refractivity contribution in [3.63, 3.8) is 0 Å². The van der Waals surface area contributed by atoms with Crippen LogP contribution in [0.5, 0.6) is 11.5 Å². The van der Waals surface area contributed by atoms with Gasteiger partial charge in [-0.15, -0.1) is 0 Å². The summed E-state index contributed by atoms with van der Waals surface area (Å²) < 4.78 is 5.35. The Labute approximate surface area is 156 Å². The second-order valence-electron chi connectivity index (χ2n) is 5.73.